The molecule has 0 saturated carbocycles. The van der Waals surface area contributed by atoms with E-state index in [-0.39, 0.29) is 5.82 Å². The molecule has 90 valence electrons. The van der Waals surface area contributed by atoms with Crippen molar-refractivity contribution < 1.29 is 4.39 Å². The molecule has 2 aromatic rings. The summed E-state index contributed by atoms with van der Waals surface area (Å²) in [6.07, 6.45) is 1.63. The highest BCUT2D eigenvalue weighted by Crippen LogP contribution is 2.13. The van der Waals surface area contributed by atoms with Crippen LogP contribution in [-0.4, -0.2) is 14.8 Å². The Labute approximate surface area is 103 Å². The molecule has 0 amide bonds. The third-order valence-electron chi connectivity index (χ3n) is 2.18. The van der Waals surface area contributed by atoms with Crippen molar-refractivity contribution >= 4 is 11.6 Å². The van der Waals surface area contributed by atoms with Gasteiger partial charge in [-0.05, 0) is 23.8 Å². The molecule has 17 heavy (non-hydrogen) atoms. The number of nitrogens with one attached hydrogen (secondary N) is 1. The number of hydrogen-bond acceptors (Lipinski definition) is 3. The topological polar surface area (TPSA) is 42.7 Å². The van der Waals surface area contributed by atoms with E-state index in [2.05, 4.69) is 15.4 Å². The van der Waals surface area contributed by atoms with Gasteiger partial charge in [-0.3, -0.25) is 4.68 Å². The van der Waals surface area contributed by atoms with Gasteiger partial charge in [0.2, 0.25) is 0 Å². The second-order valence-corrected chi connectivity index (χ2v) is 4.15. The van der Waals surface area contributed by atoms with Gasteiger partial charge in [0.1, 0.15) is 12.1 Å². The predicted molar refractivity (Wildman–Crippen MR) is 63.0 cm³/mol. The maximum atomic E-state index is 13.0. The fraction of sp³-hybridized carbons (Fsp3) is 0.273. The lowest BCUT2D eigenvalue weighted by Crippen LogP contribution is -2.14. The largest absolute Gasteiger partial charge is 0.306 e. The Hall–Kier alpha value is -1.46. The Bertz CT molecular complexity index is 492. The summed E-state index contributed by atoms with van der Waals surface area (Å²) in [6.45, 7) is 1.06. The molecule has 0 radical (unpaired) electrons. The van der Waals surface area contributed by atoms with E-state index in [1.807, 2.05) is 7.05 Å². The Morgan fingerprint density at radius 2 is 2.18 bits per heavy atom. The summed E-state index contributed by atoms with van der Waals surface area (Å²) in [7, 11) is 1.81. The summed E-state index contributed by atoms with van der Waals surface area (Å²) in [5.41, 5.74) is 0.797. The van der Waals surface area contributed by atoms with Crippen molar-refractivity contribution in [2.45, 2.75) is 13.1 Å². The fourth-order valence-electron chi connectivity index (χ4n) is 1.50. The Morgan fingerprint density at radius 1 is 1.35 bits per heavy atom. The normalized spacial score (nSPS) is 10.8. The first-order valence-electron chi connectivity index (χ1n) is 5.14. The van der Waals surface area contributed by atoms with Crippen LogP contribution in [0.3, 0.4) is 0 Å². The van der Waals surface area contributed by atoms with Crippen LogP contribution in [0.15, 0.2) is 24.5 Å². The molecule has 0 saturated heterocycles. The van der Waals surface area contributed by atoms with Crippen LogP contribution in [0, 0.1) is 5.82 Å². The number of hydrogen-bond donors (Lipinski definition) is 1. The van der Waals surface area contributed by atoms with Gasteiger partial charge < -0.3 is 5.32 Å². The first kappa shape index (κ1) is 12.0. The summed E-state index contributed by atoms with van der Waals surface area (Å²) in [5.74, 6) is 0.375. The Balaban J connectivity index is 1.89. The van der Waals surface area contributed by atoms with Gasteiger partial charge in [-0.25, -0.2) is 9.37 Å². The number of halogens is 2. The molecule has 0 aliphatic carbocycles. The molecule has 0 bridgehead atoms. The van der Waals surface area contributed by atoms with Crippen molar-refractivity contribution in [1.82, 2.24) is 20.1 Å². The van der Waals surface area contributed by atoms with Gasteiger partial charge in [0.05, 0.1) is 6.54 Å². The average Bonchev–Trinajstić information content (AvgIpc) is 2.63. The molecule has 0 aliphatic heterocycles. The van der Waals surface area contributed by atoms with Gasteiger partial charge in [-0.15, -0.1) is 0 Å². The molecule has 0 unspecified atom stereocenters. The van der Waals surface area contributed by atoms with Gasteiger partial charge in [0.15, 0.2) is 5.82 Å². The lowest BCUT2D eigenvalue weighted by molar-refractivity contribution is 0.616. The molecule has 1 N–H and O–H groups in total. The van der Waals surface area contributed by atoms with Gasteiger partial charge in [0.25, 0.3) is 0 Å². The molecular formula is C11H12ClFN4. The third kappa shape index (κ3) is 3.51. The van der Waals surface area contributed by atoms with E-state index in [9.17, 15) is 4.39 Å². The molecule has 1 aromatic heterocycles. The maximum absolute atomic E-state index is 13.0. The molecule has 0 fully saturated rings. The minimum Gasteiger partial charge on any atom is -0.306 e. The van der Waals surface area contributed by atoms with Crippen molar-refractivity contribution in [2.24, 2.45) is 7.05 Å². The van der Waals surface area contributed by atoms with Crippen molar-refractivity contribution in [3.63, 3.8) is 0 Å². The average molecular weight is 255 g/mol. The smallest absolute Gasteiger partial charge is 0.164 e. The van der Waals surface area contributed by atoms with Gasteiger partial charge >= 0.3 is 0 Å². The van der Waals surface area contributed by atoms with Crippen LogP contribution in [0.1, 0.15) is 11.4 Å². The van der Waals surface area contributed by atoms with Crippen molar-refractivity contribution in [3.05, 3.63) is 46.8 Å². The second kappa shape index (κ2) is 5.25. The highest BCUT2D eigenvalue weighted by Gasteiger charge is 2.01. The van der Waals surface area contributed by atoms with E-state index < -0.39 is 0 Å². The fourth-order valence-corrected chi connectivity index (χ4v) is 1.74. The number of aryl methyl sites for hydroxylation is 1. The monoisotopic (exact) mass is 254 g/mol. The molecule has 2 rings (SSSR count). The minimum absolute atomic E-state index is 0.328. The van der Waals surface area contributed by atoms with E-state index in [0.29, 0.717) is 23.9 Å². The summed E-state index contributed by atoms with van der Waals surface area (Å²) >= 11 is 5.75. The van der Waals surface area contributed by atoms with Crippen LogP contribution in [-0.2, 0) is 20.1 Å². The molecule has 1 heterocycles. The van der Waals surface area contributed by atoms with Crippen LogP contribution in [0.5, 0.6) is 0 Å². The molecule has 1 aromatic carbocycles. The molecule has 0 aliphatic rings. The number of benzene rings is 1. The second-order valence-electron chi connectivity index (χ2n) is 3.72. The van der Waals surface area contributed by atoms with E-state index in [4.69, 9.17) is 11.6 Å². The van der Waals surface area contributed by atoms with Crippen LogP contribution >= 0.6 is 11.6 Å². The maximum Gasteiger partial charge on any atom is 0.164 e. The molecular weight excluding hydrogens is 243 g/mol. The van der Waals surface area contributed by atoms with E-state index in [1.54, 1.807) is 17.1 Å². The van der Waals surface area contributed by atoms with Gasteiger partial charge in [-0.1, -0.05) is 11.6 Å². The minimum atomic E-state index is -0.328. The molecule has 0 atom stereocenters. The molecule has 6 heteroatoms. The van der Waals surface area contributed by atoms with Crippen molar-refractivity contribution in [1.29, 1.82) is 0 Å². The summed E-state index contributed by atoms with van der Waals surface area (Å²) < 4.78 is 14.7. The predicted octanol–water partition coefficient (Wildman–Crippen LogP) is 1.90. The van der Waals surface area contributed by atoms with E-state index in [1.165, 1.54) is 12.1 Å². The highest BCUT2D eigenvalue weighted by molar-refractivity contribution is 6.30. The van der Waals surface area contributed by atoms with Crippen LogP contribution < -0.4 is 5.32 Å². The Kier molecular flexibility index (Phi) is 3.71. The standard InChI is InChI=1S/C11H12ClFN4/c1-17-7-15-11(16-17)6-14-5-8-2-9(12)4-10(13)3-8/h2-4,7,14H,5-6H2,1H3. The molecule has 0 spiro atoms. The zero-order chi connectivity index (χ0) is 12.3. The third-order valence-corrected chi connectivity index (χ3v) is 2.40. The first-order valence-corrected chi connectivity index (χ1v) is 5.51. The van der Waals surface area contributed by atoms with Crippen LogP contribution in [0.2, 0.25) is 5.02 Å². The number of rotatable bonds is 4. The van der Waals surface area contributed by atoms with E-state index in [0.717, 1.165) is 5.56 Å². The zero-order valence-electron chi connectivity index (χ0n) is 9.32. The lowest BCUT2D eigenvalue weighted by atomic mass is 10.2. The zero-order valence-corrected chi connectivity index (χ0v) is 10.1. The number of aromatic nitrogens is 3. The van der Waals surface area contributed by atoms with Crippen LogP contribution in [0.4, 0.5) is 4.39 Å². The van der Waals surface area contributed by atoms with Gasteiger partial charge in [-0.2, -0.15) is 5.10 Å². The van der Waals surface area contributed by atoms with Crippen molar-refractivity contribution in [2.75, 3.05) is 0 Å². The summed E-state index contributed by atoms with van der Waals surface area (Å²) in [4.78, 5) is 4.07. The Morgan fingerprint density at radius 3 is 2.82 bits per heavy atom. The number of nitrogens with zero attached hydrogens (tertiary/aromatic N) is 3. The molecule has 4 nitrogen and oxygen atoms in total. The van der Waals surface area contributed by atoms with Crippen molar-refractivity contribution in [3.8, 4) is 0 Å². The lowest BCUT2D eigenvalue weighted by Gasteiger charge is -2.03. The quantitative estimate of drug-likeness (QED) is 0.906. The summed E-state index contributed by atoms with van der Waals surface area (Å²) in [5, 5.41) is 7.64. The first-order chi connectivity index (χ1) is 8.13. The van der Waals surface area contributed by atoms with E-state index >= 15 is 0 Å². The van der Waals surface area contributed by atoms with Gasteiger partial charge in [0, 0.05) is 18.6 Å². The summed E-state index contributed by atoms with van der Waals surface area (Å²) in [6, 6.07) is 4.46. The van der Waals surface area contributed by atoms with Crippen LogP contribution in [0.25, 0.3) is 0 Å². The highest BCUT2D eigenvalue weighted by atomic mass is 35.5. The SMILES string of the molecule is Cn1cnc(CNCc2cc(F)cc(Cl)c2)n1.